The maximum atomic E-state index is 13.0. The molecule has 5 rings (SSSR count). The van der Waals surface area contributed by atoms with Gasteiger partial charge in [0, 0.05) is 24.7 Å². The highest BCUT2D eigenvalue weighted by molar-refractivity contribution is 6.22. The number of ether oxygens (including phenoxy) is 2. The van der Waals surface area contributed by atoms with Gasteiger partial charge < -0.3 is 14.4 Å². The van der Waals surface area contributed by atoms with E-state index >= 15 is 0 Å². The largest absolute Gasteiger partial charge is 0.497 e. The molecule has 0 saturated carbocycles. The van der Waals surface area contributed by atoms with E-state index in [1.165, 1.54) is 4.90 Å². The van der Waals surface area contributed by atoms with E-state index in [2.05, 4.69) is 0 Å². The van der Waals surface area contributed by atoms with Gasteiger partial charge in [-0.1, -0.05) is 25.1 Å². The standard InChI is InChI=1S/C27H26N2O6/c1-16-5-3-8-22-24(16)26(32)29(25(22)31)18-9-11-20(12-10-18)35-27(33)17-13-23(30)28(15-17)19-6-4-7-21(14-19)34-2/h3-7,9-12,14,16-17,22,24H,8,13,15H2,1-2H3/t16-,17-,22-,24-/m1/s1. The van der Waals surface area contributed by atoms with E-state index in [4.69, 9.17) is 9.47 Å². The topological polar surface area (TPSA) is 93.2 Å². The van der Waals surface area contributed by atoms with Crippen LogP contribution in [0, 0.1) is 23.7 Å². The number of allylic oxidation sites excluding steroid dienone is 2. The summed E-state index contributed by atoms with van der Waals surface area (Å²) in [6.07, 6.45) is 4.58. The van der Waals surface area contributed by atoms with Crippen molar-refractivity contribution in [3.8, 4) is 11.5 Å². The molecule has 0 unspecified atom stereocenters. The maximum Gasteiger partial charge on any atom is 0.316 e. The highest BCUT2D eigenvalue weighted by atomic mass is 16.5. The van der Waals surface area contributed by atoms with Crippen LogP contribution in [0.15, 0.2) is 60.7 Å². The first-order chi connectivity index (χ1) is 16.9. The van der Waals surface area contributed by atoms with Crippen molar-refractivity contribution in [1.82, 2.24) is 0 Å². The minimum Gasteiger partial charge on any atom is -0.497 e. The lowest BCUT2D eigenvalue weighted by molar-refractivity contribution is -0.139. The second-order valence-corrected chi connectivity index (χ2v) is 9.19. The molecule has 2 fully saturated rings. The third-order valence-corrected chi connectivity index (χ3v) is 7.01. The first kappa shape index (κ1) is 22.8. The number of methoxy groups -OCH3 is 1. The van der Waals surface area contributed by atoms with Crippen molar-refractivity contribution in [2.75, 3.05) is 23.5 Å². The fraction of sp³-hybridized carbons (Fsp3) is 0.333. The molecule has 8 heteroatoms. The summed E-state index contributed by atoms with van der Waals surface area (Å²) < 4.78 is 10.7. The summed E-state index contributed by atoms with van der Waals surface area (Å²) in [6, 6.07) is 13.5. The Bertz CT molecular complexity index is 1220. The zero-order valence-electron chi connectivity index (χ0n) is 19.5. The predicted molar refractivity (Wildman–Crippen MR) is 128 cm³/mol. The second-order valence-electron chi connectivity index (χ2n) is 9.19. The van der Waals surface area contributed by atoms with Crippen LogP contribution < -0.4 is 19.3 Å². The molecule has 2 aromatic carbocycles. The number of imide groups is 1. The number of carbonyl (C=O) groups is 4. The highest BCUT2D eigenvalue weighted by Crippen LogP contribution is 2.40. The molecule has 3 amide bonds. The van der Waals surface area contributed by atoms with Gasteiger partial charge in [-0.2, -0.15) is 0 Å². The van der Waals surface area contributed by atoms with Crippen LogP contribution in [0.25, 0.3) is 0 Å². The van der Waals surface area contributed by atoms with Gasteiger partial charge in [-0.3, -0.25) is 24.1 Å². The SMILES string of the molecule is COc1cccc(N2C[C@H](C(=O)Oc3ccc(N4C(=O)[C@@H]5[C@H](C)C=CC[C@H]5C4=O)cc3)CC2=O)c1. The summed E-state index contributed by atoms with van der Waals surface area (Å²) in [5, 5.41) is 0. The van der Waals surface area contributed by atoms with Crippen molar-refractivity contribution in [2.24, 2.45) is 23.7 Å². The molecule has 8 nitrogen and oxygen atoms in total. The summed E-state index contributed by atoms with van der Waals surface area (Å²) in [5.41, 5.74) is 1.13. The van der Waals surface area contributed by atoms with E-state index in [1.54, 1.807) is 60.5 Å². The first-order valence-electron chi connectivity index (χ1n) is 11.7. The number of hydrogen-bond acceptors (Lipinski definition) is 6. The summed E-state index contributed by atoms with van der Waals surface area (Å²) in [4.78, 5) is 53.9. The summed E-state index contributed by atoms with van der Waals surface area (Å²) in [7, 11) is 1.55. The van der Waals surface area contributed by atoms with E-state index in [0.717, 1.165) is 0 Å². The van der Waals surface area contributed by atoms with Crippen molar-refractivity contribution >= 4 is 35.1 Å². The number of rotatable bonds is 5. The van der Waals surface area contributed by atoms with Crippen molar-refractivity contribution in [3.05, 3.63) is 60.7 Å². The average Bonchev–Trinajstić information content (AvgIpc) is 3.38. The number of anilines is 2. The quantitative estimate of drug-likeness (QED) is 0.286. The van der Waals surface area contributed by atoms with Crippen LogP contribution in [0.5, 0.6) is 11.5 Å². The summed E-state index contributed by atoms with van der Waals surface area (Å²) in [6.45, 7) is 2.17. The Balaban J connectivity index is 1.25. The Kier molecular flexibility index (Phi) is 5.88. The lowest BCUT2D eigenvalue weighted by Gasteiger charge is -2.22. The minimum atomic E-state index is -0.604. The number of carbonyl (C=O) groups excluding carboxylic acids is 4. The van der Waals surface area contributed by atoms with Crippen LogP contribution in [0.1, 0.15) is 19.8 Å². The molecule has 3 aliphatic rings. The average molecular weight is 475 g/mol. The van der Waals surface area contributed by atoms with Gasteiger partial charge in [0.25, 0.3) is 0 Å². The van der Waals surface area contributed by atoms with Crippen molar-refractivity contribution < 1.29 is 28.7 Å². The van der Waals surface area contributed by atoms with Gasteiger partial charge in [0.15, 0.2) is 0 Å². The zero-order chi connectivity index (χ0) is 24.7. The zero-order valence-corrected chi connectivity index (χ0v) is 19.5. The smallest absolute Gasteiger partial charge is 0.316 e. The van der Waals surface area contributed by atoms with Crippen LogP contribution in [-0.2, 0) is 19.2 Å². The highest BCUT2D eigenvalue weighted by Gasteiger charge is 2.50. The number of benzene rings is 2. The third kappa shape index (κ3) is 4.09. The van der Waals surface area contributed by atoms with E-state index in [9.17, 15) is 19.2 Å². The Hall–Kier alpha value is -3.94. The van der Waals surface area contributed by atoms with Gasteiger partial charge in [-0.25, -0.2) is 0 Å². The van der Waals surface area contributed by atoms with Gasteiger partial charge in [-0.05, 0) is 48.7 Å². The molecule has 35 heavy (non-hydrogen) atoms. The van der Waals surface area contributed by atoms with E-state index in [1.807, 2.05) is 19.1 Å². The van der Waals surface area contributed by atoms with E-state index in [0.29, 0.717) is 23.5 Å². The van der Waals surface area contributed by atoms with Crippen LogP contribution in [-0.4, -0.2) is 37.3 Å². The molecule has 2 aliphatic heterocycles. The van der Waals surface area contributed by atoms with Crippen LogP contribution in [0.4, 0.5) is 11.4 Å². The third-order valence-electron chi connectivity index (χ3n) is 7.01. The van der Waals surface area contributed by atoms with Crippen molar-refractivity contribution in [3.63, 3.8) is 0 Å². The van der Waals surface area contributed by atoms with Crippen LogP contribution in [0.3, 0.4) is 0 Å². The molecule has 1 aliphatic carbocycles. The number of esters is 1. The van der Waals surface area contributed by atoms with Gasteiger partial charge >= 0.3 is 5.97 Å². The molecule has 4 atom stereocenters. The number of nitrogens with zero attached hydrogens (tertiary/aromatic N) is 2. The Morgan fingerprint density at radius 2 is 1.74 bits per heavy atom. The first-order valence-corrected chi connectivity index (χ1v) is 11.7. The van der Waals surface area contributed by atoms with Gasteiger partial charge in [0.05, 0.1) is 30.6 Å². The molecule has 180 valence electrons. The van der Waals surface area contributed by atoms with E-state index < -0.39 is 11.9 Å². The number of fused-ring (bicyclic) bond motifs is 1. The lowest BCUT2D eigenvalue weighted by Crippen LogP contribution is -2.31. The minimum absolute atomic E-state index is 0.0149. The lowest BCUT2D eigenvalue weighted by atomic mass is 9.78. The monoisotopic (exact) mass is 474 g/mol. The Labute approximate surface area is 203 Å². The summed E-state index contributed by atoms with van der Waals surface area (Å²) >= 11 is 0. The molecule has 2 heterocycles. The Morgan fingerprint density at radius 3 is 2.46 bits per heavy atom. The van der Waals surface area contributed by atoms with Crippen molar-refractivity contribution in [1.29, 1.82) is 0 Å². The second kappa shape index (κ2) is 9.02. The maximum absolute atomic E-state index is 13.0. The molecule has 2 saturated heterocycles. The Morgan fingerprint density at radius 1 is 0.971 bits per heavy atom. The number of hydrogen-bond donors (Lipinski definition) is 0. The molecule has 2 aromatic rings. The van der Waals surface area contributed by atoms with Gasteiger partial charge in [-0.15, -0.1) is 0 Å². The molecular formula is C27H26N2O6. The fourth-order valence-corrected chi connectivity index (χ4v) is 5.16. The fourth-order valence-electron chi connectivity index (χ4n) is 5.16. The molecular weight excluding hydrogens is 448 g/mol. The van der Waals surface area contributed by atoms with Crippen molar-refractivity contribution in [2.45, 2.75) is 19.8 Å². The number of amides is 3. The van der Waals surface area contributed by atoms with Gasteiger partial charge in [0.1, 0.15) is 11.5 Å². The molecule has 0 N–H and O–H groups in total. The van der Waals surface area contributed by atoms with Crippen LogP contribution >= 0.6 is 0 Å². The van der Waals surface area contributed by atoms with E-state index in [-0.39, 0.29) is 54.2 Å². The molecule has 0 radical (unpaired) electrons. The molecule has 0 bridgehead atoms. The van der Waals surface area contributed by atoms with Crippen LogP contribution in [0.2, 0.25) is 0 Å². The van der Waals surface area contributed by atoms with Gasteiger partial charge in [0.2, 0.25) is 17.7 Å². The molecule has 0 spiro atoms. The molecule has 0 aromatic heterocycles. The normalized spacial score (nSPS) is 25.7. The summed E-state index contributed by atoms with van der Waals surface area (Å²) in [5.74, 6) is -1.38. The predicted octanol–water partition coefficient (Wildman–Crippen LogP) is 3.36.